The standard InChI is InChI=1S/C15H16FNO3S/c1-8(2)11(15(19)20)7-17-14(18)13-5-9-3-4-10(16)6-12(9)21-13/h3-6,8,11H,7H2,1-2H3,(H,17,18)(H,19,20). The van der Waals surface area contributed by atoms with Crippen LogP contribution in [-0.2, 0) is 4.79 Å². The molecule has 1 unspecified atom stereocenters. The Morgan fingerprint density at radius 3 is 2.67 bits per heavy atom. The molecule has 0 fully saturated rings. The topological polar surface area (TPSA) is 66.4 Å². The number of rotatable bonds is 5. The number of carbonyl (C=O) groups is 2. The molecule has 0 spiro atoms. The summed E-state index contributed by atoms with van der Waals surface area (Å²) in [6, 6.07) is 6.02. The number of fused-ring (bicyclic) bond motifs is 1. The van der Waals surface area contributed by atoms with Crippen LogP contribution < -0.4 is 5.32 Å². The van der Waals surface area contributed by atoms with Gasteiger partial charge in [0.2, 0.25) is 0 Å². The summed E-state index contributed by atoms with van der Waals surface area (Å²) in [5.74, 6) is -2.30. The Kier molecular flexibility index (Phi) is 4.57. The summed E-state index contributed by atoms with van der Waals surface area (Å²) in [6.45, 7) is 3.68. The molecular formula is C15H16FNO3S. The third-order valence-electron chi connectivity index (χ3n) is 3.31. The van der Waals surface area contributed by atoms with Crippen molar-refractivity contribution < 1.29 is 19.1 Å². The van der Waals surface area contributed by atoms with Gasteiger partial charge in [0, 0.05) is 11.2 Å². The van der Waals surface area contributed by atoms with Gasteiger partial charge >= 0.3 is 5.97 Å². The highest BCUT2D eigenvalue weighted by Gasteiger charge is 2.22. The average molecular weight is 309 g/mol. The Bertz CT molecular complexity index is 681. The van der Waals surface area contributed by atoms with Crippen molar-refractivity contribution in [2.75, 3.05) is 6.54 Å². The lowest BCUT2D eigenvalue weighted by Crippen LogP contribution is -2.35. The number of amides is 1. The van der Waals surface area contributed by atoms with Gasteiger partial charge in [-0.25, -0.2) is 4.39 Å². The molecular weight excluding hydrogens is 293 g/mol. The van der Waals surface area contributed by atoms with Crippen LogP contribution in [0.1, 0.15) is 23.5 Å². The number of aliphatic carboxylic acids is 1. The van der Waals surface area contributed by atoms with Gasteiger partial charge in [-0.2, -0.15) is 0 Å². The normalized spacial score (nSPS) is 12.6. The lowest BCUT2D eigenvalue weighted by atomic mass is 9.96. The minimum Gasteiger partial charge on any atom is -0.481 e. The van der Waals surface area contributed by atoms with Crippen LogP contribution in [0.5, 0.6) is 0 Å². The molecule has 0 saturated carbocycles. The van der Waals surface area contributed by atoms with Crippen molar-refractivity contribution >= 4 is 33.3 Å². The van der Waals surface area contributed by atoms with Crippen LogP contribution in [-0.4, -0.2) is 23.5 Å². The second kappa shape index (κ2) is 6.22. The van der Waals surface area contributed by atoms with E-state index in [1.54, 1.807) is 26.0 Å². The third kappa shape index (κ3) is 3.58. The van der Waals surface area contributed by atoms with E-state index >= 15 is 0 Å². The quantitative estimate of drug-likeness (QED) is 0.891. The summed E-state index contributed by atoms with van der Waals surface area (Å²) in [5, 5.41) is 12.5. The Morgan fingerprint density at radius 1 is 1.33 bits per heavy atom. The van der Waals surface area contributed by atoms with Crippen LogP contribution in [0.25, 0.3) is 10.1 Å². The van der Waals surface area contributed by atoms with Crippen molar-refractivity contribution in [3.05, 3.63) is 35.0 Å². The molecule has 1 aromatic heterocycles. The van der Waals surface area contributed by atoms with Crippen LogP contribution in [0.4, 0.5) is 4.39 Å². The third-order valence-corrected chi connectivity index (χ3v) is 4.41. The number of hydrogen-bond acceptors (Lipinski definition) is 3. The summed E-state index contributed by atoms with van der Waals surface area (Å²) in [5.41, 5.74) is 0. The van der Waals surface area contributed by atoms with E-state index in [0.717, 1.165) is 5.39 Å². The Hall–Kier alpha value is -1.95. The van der Waals surface area contributed by atoms with Gasteiger partial charge in [0.1, 0.15) is 5.82 Å². The van der Waals surface area contributed by atoms with E-state index < -0.39 is 11.9 Å². The summed E-state index contributed by atoms with van der Waals surface area (Å²) in [6.07, 6.45) is 0. The molecule has 2 rings (SSSR count). The fourth-order valence-electron chi connectivity index (χ4n) is 2.01. The summed E-state index contributed by atoms with van der Waals surface area (Å²) < 4.78 is 13.8. The van der Waals surface area contributed by atoms with Gasteiger partial charge in [-0.1, -0.05) is 19.9 Å². The monoisotopic (exact) mass is 309 g/mol. The molecule has 2 N–H and O–H groups in total. The van der Waals surface area contributed by atoms with Crippen LogP contribution in [0.3, 0.4) is 0 Å². The summed E-state index contributed by atoms with van der Waals surface area (Å²) in [7, 11) is 0. The fourth-order valence-corrected chi connectivity index (χ4v) is 3.02. The lowest BCUT2D eigenvalue weighted by Gasteiger charge is -2.16. The average Bonchev–Trinajstić information content (AvgIpc) is 2.80. The Labute approximate surface area is 125 Å². The highest BCUT2D eigenvalue weighted by molar-refractivity contribution is 7.20. The zero-order chi connectivity index (χ0) is 15.6. The first-order valence-electron chi connectivity index (χ1n) is 6.58. The largest absolute Gasteiger partial charge is 0.481 e. The van der Waals surface area contributed by atoms with E-state index in [9.17, 15) is 14.0 Å². The van der Waals surface area contributed by atoms with E-state index in [1.807, 2.05) is 0 Å². The van der Waals surface area contributed by atoms with Crippen LogP contribution >= 0.6 is 11.3 Å². The van der Waals surface area contributed by atoms with Crippen molar-refractivity contribution in [3.8, 4) is 0 Å². The molecule has 0 aliphatic rings. The van der Waals surface area contributed by atoms with Gasteiger partial charge in [0.15, 0.2) is 0 Å². The van der Waals surface area contributed by atoms with Crippen LogP contribution in [0.2, 0.25) is 0 Å². The maximum Gasteiger partial charge on any atom is 0.308 e. The van der Waals surface area contributed by atoms with E-state index in [1.165, 1.54) is 23.5 Å². The van der Waals surface area contributed by atoms with E-state index in [-0.39, 0.29) is 24.2 Å². The first-order chi connectivity index (χ1) is 9.88. The van der Waals surface area contributed by atoms with Crippen molar-refractivity contribution in [3.63, 3.8) is 0 Å². The van der Waals surface area contributed by atoms with E-state index in [4.69, 9.17) is 5.11 Å². The highest BCUT2D eigenvalue weighted by atomic mass is 32.1. The number of thiophene rings is 1. The molecule has 4 nitrogen and oxygen atoms in total. The molecule has 2 aromatic rings. The fraction of sp³-hybridized carbons (Fsp3) is 0.333. The van der Waals surface area contributed by atoms with Gasteiger partial charge in [-0.3, -0.25) is 9.59 Å². The second-order valence-electron chi connectivity index (χ2n) is 5.19. The lowest BCUT2D eigenvalue weighted by molar-refractivity contribution is -0.142. The second-order valence-corrected chi connectivity index (χ2v) is 6.28. The first-order valence-corrected chi connectivity index (χ1v) is 7.40. The first kappa shape index (κ1) is 15.4. The Balaban J connectivity index is 2.10. The zero-order valence-corrected chi connectivity index (χ0v) is 12.5. The van der Waals surface area contributed by atoms with Gasteiger partial charge in [0.25, 0.3) is 5.91 Å². The molecule has 1 aromatic carbocycles. The summed E-state index contributed by atoms with van der Waals surface area (Å²) in [4.78, 5) is 23.6. The molecule has 6 heteroatoms. The number of hydrogen-bond donors (Lipinski definition) is 2. The minimum atomic E-state index is -0.927. The van der Waals surface area contributed by atoms with Crippen molar-refractivity contribution in [2.24, 2.45) is 11.8 Å². The molecule has 112 valence electrons. The maximum absolute atomic E-state index is 13.1. The molecule has 1 heterocycles. The van der Waals surface area contributed by atoms with Gasteiger partial charge in [-0.15, -0.1) is 11.3 Å². The van der Waals surface area contributed by atoms with E-state index in [0.29, 0.717) is 9.58 Å². The van der Waals surface area contributed by atoms with Crippen LogP contribution in [0, 0.1) is 17.7 Å². The van der Waals surface area contributed by atoms with Gasteiger partial charge < -0.3 is 10.4 Å². The number of carbonyl (C=O) groups excluding carboxylic acids is 1. The molecule has 0 radical (unpaired) electrons. The van der Waals surface area contributed by atoms with Crippen molar-refractivity contribution in [1.82, 2.24) is 5.32 Å². The Morgan fingerprint density at radius 2 is 2.05 bits per heavy atom. The predicted molar refractivity (Wildman–Crippen MR) is 80.1 cm³/mol. The molecule has 21 heavy (non-hydrogen) atoms. The van der Waals surface area contributed by atoms with Gasteiger partial charge in [-0.05, 0) is 29.5 Å². The van der Waals surface area contributed by atoms with Gasteiger partial charge in [0.05, 0.1) is 10.8 Å². The molecule has 0 saturated heterocycles. The minimum absolute atomic E-state index is 0.0701. The maximum atomic E-state index is 13.1. The molecule has 0 aliphatic heterocycles. The van der Waals surface area contributed by atoms with Crippen molar-refractivity contribution in [2.45, 2.75) is 13.8 Å². The smallest absolute Gasteiger partial charge is 0.308 e. The van der Waals surface area contributed by atoms with E-state index in [2.05, 4.69) is 5.32 Å². The number of carboxylic acid groups (broad SMARTS) is 1. The predicted octanol–water partition coefficient (Wildman–Crippen LogP) is 3.13. The number of nitrogens with one attached hydrogen (secondary N) is 1. The zero-order valence-electron chi connectivity index (χ0n) is 11.7. The SMILES string of the molecule is CC(C)C(CNC(=O)c1cc2ccc(F)cc2s1)C(=O)O. The number of benzene rings is 1. The molecule has 0 bridgehead atoms. The van der Waals surface area contributed by atoms with Crippen LogP contribution in [0.15, 0.2) is 24.3 Å². The molecule has 0 aliphatic carbocycles. The van der Waals surface area contributed by atoms with Crippen molar-refractivity contribution in [1.29, 1.82) is 0 Å². The highest BCUT2D eigenvalue weighted by Crippen LogP contribution is 2.26. The molecule has 1 amide bonds. The number of halogens is 1. The summed E-state index contributed by atoms with van der Waals surface area (Å²) >= 11 is 1.19. The number of carboxylic acids is 1. The molecule has 1 atom stereocenters.